The maximum Gasteiger partial charge on any atom is 0.200 e. The summed E-state index contributed by atoms with van der Waals surface area (Å²) < 4.78 is 22.8. The van der Waals surface area contributed by atoms with E-state index in [1.165, 1.54) is 0 Å². The van der Waals surface area contributed by atoms with Gasteiger partial charge in [0.25, 0.3) is 0 Å². The zero-order valence-corrected chi connectivity index (χ0v) is 19.6. The van der Waals surface area contributed by atoms with Crippen molar-refractivity contribution < 1.29 is 23.7 Å². The van der Waals surface area contributed by atoms with E-state index in [4.69, 9.17) is 18.9 Å². The van der Waals surface area contributed by atoms with Gasteiger partial charge in [0.1, 0.15) is 23.0 Å². The molecule has 0 bridgehead atoms. The van der Waals surface area contributed by atoms with E-state index < -0.39 is 0 Å². The fraction of sp³-hybridized carbons (Fsp3) is 0.138. The van der Waals surface area contributed by atoms with Crippen LogP contribution in [0, 0.1) is 0 Å². The average molecular weight is 455 g/mol. The van der Waals surface area contributed by atoms with E-state index in [2.05, 4.69) is 0 Å². The van der Waals surface area contributed by atoms with E-state index in [0.717, 1.165) is 11.1 Å². The number of benzene rings is 4. The largest absolute Gasteiger partial charge is 0.496 e. The molecular formula is C29H26O5. The first kappa shape index (κ1) is 22.9. The predicted molar refractivity (Wildman–Crippen MR) is 133 cm³/mol. The molecule has 0 fully saturated rings. The normalized spacial score (nSPS) is 10.5. The van der Waals surface area contributed by atoms with Crippen molar-refractivity contribution in [2.24, 2.45) is 0 Å². The molecular weight excluding hydrogens is 428 g/mol. The summed E-state index contributed by atoms with van der Waals surface area (Å²) in [5, 5.41) is 0. The maximum absolute atomic E-state index is 13.9. The molecule has 0 N–H and O–H groups in total. The van der Waals surface area contributed by atoms with Gasteiger partial charge in [0.05, 0.1) is 50.7 Å². The highest BCUT2D eigenvalue weighted by Crippen LogP contribution is 2.45. The van der Waals surface area contributed by atoms with Gasteiger partial charge in [-0.05, 0) is 35.4 Å². The van der Waals surface area contributed by atoms with Gasteiger partial charge in [0.2, 0.25) is 5.78 Å². The van der Waals surface area contributed by atoms with Gasteiger partial charge in [0.15, 0.2) is 0 Å². The number of carbonyl (C=O) groups excluding carboxylic acids is 1. The van der Waals surface area contributed by atoms with Crippen molar-refractivity contribution in [3.63, 3.8) is 0 Å². The SMILES string of the molecule is COc1ccc(C(=O)c2ccc(OC)c(-c3ccccc3)c2OC)c(OC)c1-c1ccccc1. The second-order valence-electron chi connectivity index (χ2n) is 7.51. The predicted octanol–water partition coefficient (Wildman–Crippen LogP) is 6.29. The first-order valence-electron chi connectivity index (χ1n) is 10.8. The van der Waals surface area contributed by atoms with E-state index in [-0.39, 0.29) is 5.78 Å². The lowest BCUT2D eigenvalue weighted by Crippen LogP contribution is -2.09. The fourth-order valence-electron chi connectivity index (χ4n) is 4.15. The fourth-order valence-corrected chi connectivity index (χ4v) is 4.15. The summed E-state index contributed by atoms with van der Waals surface area (Å²) >= 11 is 0. The molecule has 5 nitrogen and oxygen atoms in total. The topological polar surface area (TPSA) is 54.0 Å². The van der Waals surface area contributed by atoms with Crippen molar-refractivity contribution in [1.29, 1.82) is 0 Å². The van der Waals surface area contributed by atoms with Crippen LogP contribution < -0.4 is 18.9 Å². The van der Waals surface area contributed by atoms with Gasteiger partial charge in [-0.1, -0.05) is 60.7 Å². The number of methoxy groups -OCH3 is 4. The maximum atomic E-state index is 13.9. The third kappa shape index (κ3) is 4.08. The van der Waals surface area contributed by atoms with Crippen LogP contribution in [-0.2, 0) is 0 Å². The Hall–Kier alpha value is -4.25. The highest BCUT2D eigenvalue weighted by molar-refractivity contribution is 6.15. The third-order valence-corrected chi connectivity index (χ3v) is 5.70. The molecule has 0 radical (unpaired) electrons. The molecule has 172 valence electrons. The van der Waals surface area contributed by atoms with E-state index in [9.17, 15) is 4.79 Å². The second kappa shape index (κ2) is 10.1. The van der Waals surface area contributed by atoms with Gasteiger partial charge in [0, 0.05) is 0 Å². The minimum absolute atomic E-state index is 0.228. The van der Waals surface area contributed by atoms with Gasteiger partial charge < -0.3 is 18.9 Å². The summed E-state index contributed by atoms with van der Waals surface area (Å²) in [6.07, 6.45) is 0. The molecule has 34 heavy (non-hydrogen) atoms. The summed E-state index contributed by atoms with van der Waals surface area (Å²) in [4.78, 5) is 13.9. The van der Waals surface area contributed by atoms with E-state index >= 15 is 0 Å². The lowest BCUT2D eigenvalue weighted by molar-refractivity contribution is 0.103. The number of ether oxygens (including phenoxy) is 4. The second-order valence-corrected chi connectivity index (χ2v) is 7.51. The smallest absolute Gasteiger partial charge is 0.200 e. The van der Waals surface area contributed by atoms with Crippen LogP contribution >= 0.6 is 0 Å². The molecule has 0 spiro atoms. The summed E-state index contributed by atoms with van der Waals surface area (Å²) in [5.74, 6) is 1.88. The lowest BCUT2D eigenvalue weighted by atomic mass is 9.92. The molecule has 0 aliphatic carbocycles. The van der Waals surface area contributed by atoms with Crippen molar-refractivity contribution in [1.82, 2.24) is 0 Å². The first-order valence-corrected chi connectivity index (χ1v) is 10.8. The van der Waals surface area contributed by atoms with E-state index in [0.29, 0.717) is 45.3 Å². The van der Waals surface area contributed by atoms with Crippen LogP contribution in [0.2, 0.25) is 0 Å². The molecule has 5 heteroatoms. The molecule has 0 atom stereocenters. The van der Waals surface area contributed by atoms with Crippen LogP contribution in [0.25, 0.3) is 22.3 Å². The monoisotopic (exact) mass is 454 g/mol. The Kier molecular flexibility index (Phi) is 6.83. The third-order valence-electron chi connectivity index (χ3n) is 5.70. The van der Waals surface area contributed by atoms with Gasteiger partial charge in [-0.15, -0.1) is 0 Å². The van der Waals surface area contributed by atoms with Gasteiger partial charge in [-0.3, -0.25) is 4.79 Å². The van der Waals surface area contributed by atoms with Gasteiger partial charge in [-0.2, -0.15) is 0 Å². The number of hydrogen-bond donors (Lipinski definition) is 0. The van der Waals surface area contributed by atoms with Crippen molar-refractivity contribution in [3.8, 4) is 45.3 Å². The summed E-state index contributed by atoms with van der Waals surface area (Å²) in [5.41, 5.74) is 4.02. The van der Waals surface area contributed by atoms with Crippen LogP contribution in [0.5, 0.6) is 23.0 Å². The molecule has 0 unspecified atom stereocenters. The lowest BCUT2D eigenvalue weighted by Gasteiger charge is -2.19. The Balaban J connectivity index is 1.94. The molecule has 0 aliphatic rings. The summed E-state index contributed by atoms with van der Waals surface area (Å²) in [6.45, 7) is 0. The van der Waals surface area contributed by atoms with E-state index in [1.54, 1.807) is 52.7 Å². The highest BCUT2D eigenvalue weighted by atomic mass is 16.5. The van der Waals surface area contributed by atoms with Crippen molar-refractivity contribution in [2.75, 3.05) is 28.4 Å². The molecule has 0 aromatic heterocycles. The zero-order valence-electron chi connectivity index (χ0n) is 19.6. The number of carbonyl (C=O) groups is 1. The Morgan fingerprint density at radius 3 is 1.21 bits per heavy atom. The zero-order chi connectivity index (χ0) is 24.1. The molecule has 4 aromatic carbocycles. The molecule has 0 heterocycles. The number of hydrogen-bond acceptors (Lipinski definition) is 5. The van der Waals surface area contributed by atoms with Crippen molar-refractivity contribution in [2.45, 2.75) is 0 Å². The Labute approximate surface area is 199 Å². The van der Waals surface area contributed by atoms with Crippen LogP contribution in [0.4, 0.5) is 0 Å². The molecule has 0 aliphatic heterocycles. The minimum Gasteiger partial charge on any atom is -0.496 e. The molecule has 4 aromatic rings. The number of rotatable bonds is 8. The number of ketones is 1. The van der Waals surface area contributed by atoms with Crippen LogP contribution in [-0.4, -0.2) is 34.2 Å². The van der Waals surface area contributed by atoms with Crippen LogP contribution in [0.1, 0.15) is 15.9 Å². The molecule has 0 saturated carbocycles. The Morgan fingerprint density at radius 2 is 0.882 bits per heavy atom. The van der Waals surface area contributed by atoms with Crippen LogP contribution in [0.3, 0.4) is 0 Å². The molecule has 4 rings (SSSR count). The standard InChI is InChI=1S/C29H26O5/c1-31-23-17-15-21(28(33-3)25(23)19-11-7-5-8-12-19)27(30)22-16-18-24(32-2)26(29(22)34-4)20-13-9-6-10-14-20/h5-18H,1-4H3. The first-order chi connectivity index (χ1) is 16.6. The summed E-state index contributed by atoms with van der Waals surface area (Å²) in [7, 11) is 6.31. The average Bonchev–Trinajstić information content (AvgIpc) is 2.91. The molecule has 0 amide bonds. The van der Waals surface area contributed by atoms with Crippen molar-refractivity contribution >= 4 is 5.78 Å². The van der Waals surface area contributed by atoms with Crippen molar-refractivity contribution in [3.05, 3.63) is 96.1 Å². The quantitative estimate of drug-likeness (QED) is 0.293. The minimum atomic E-state index is -0.228. The Bertz CT molecular complexity index is 1200. The highest BCUT2D eigenvalue weighted by Gasteiger charge is 2.26. The summed E-state index contributed by atoms with van der Waals surface area (Å²) in [6, 6.07) is 26.4. The van der Waals surface area contributed by atoms with Gasteiger partial charge in [-0.25, -0.2) is 0 Å². The Morgan fingerprint density at radius 1 is 0.500 bits per heavy atom. The van der Waals surface area contributed by atoms with Gasteiger partial charge >= 0.3 is 0 Å². The molecule has 0 saturated heterocycles. The van der Waals surface area contributed by atoms with E-state index in [1.807, 2.05) is 60.7 Å². The van der Waals surface area contributed by atoms with Crippen LogP contribution in [0.15, 0.2) is 84.9 Å².